The van der Waals surface area contributed by atoms with E-state index in [-0.39, 0.29) is 24.4 Å². The molecule has 5 heteroatoms. The highest BCUT2D eigenvalue weighted by molar-refractivity contribution is 5.65. The van der Waals surface area contributed by atoms with E-state index in [1.807, 2.05) is 36.4 Å². The van der Waals surface area contributed by atoms with E-state index in [2.05, 4.69) is 40.1 Å². The number of aliphatic hydroxyl groups excluding tert-OH is 1. The molecule has 0 unspecified atom stereocenters. The first kappa shape index (κ1) is 22.7. The van der Waals surface area contributed by atoms with Crippen molar-refractivity contribution in [3.8, 4) is 17.2 Å². The van der Waals surface area contributed by atoms with Gasteiger partial charge in [0.05, 0.1) is 18.2 Å². The maximum absolute atomic E-state index is 14.3. The quantitative estimate of drug-likeness (QED) is 0.601. The average Bonchev–Trinajstić information content (AvgIpc) is 2.86. The molecule has 3 aromatic rings. The summed E-state index contributed by atoms with van der Waals surface area (Å²) in [6.45, 7) is 3.58. The van der Waals surface area contributed by atoms with E-state index >= 15 is 0 Å². The van der Waals surface area contributed by atoms with Gasteiger partial charge in [0.1, 0.15) is 5.82 Å². The van der Waals surface area contributed by atoms with Gasteiger partial charge in [-0.1, -0.05) is 54.6 Å². The van der Waals surface area contributed by atoms with Crippen molar-refractivity contribution in [1.29, 1.82) is 5.26 Å². The second-order valence-electron chi connectivity index (χ2n) is 9.43. The van der Waals surface area contributed by atoms with Crippen molar-refractivity contribution < 1.29 is 9.50 Å². The summed E-state index contributed by atoms with van der Waals surface area (Å²) in [5.74, 6) is 0.0987. The highest BCUT2D eigenvalue weighted by atomic mass is 19.1. The van der Waals surface area contributed by atoms with Gasteiger partial charge in [0.15, 0.2) is 0 Å². The van der Waals surface area contributed by atoms with E-state index in [1.54, 1.807) is 6.07 Å². The Morgan fingerprint density at radius 3 is 2.50 bits per heavy atom. The van der Waals surface area contributed by atoms with Crippen LogP contribution in [0, 0.1) is 17.1 Å². The predicted octanol–water partition coefficient (Wildman–Crippen LogP) is 4.79. The first-order valence-electron chi connectivity index (χ1n) is 12.1. The number of nitrogens with zero attached hydrogens (tertiary/aromatic N) is 3. The van der Waals surface area contributed by atoms with Gasteiger partial charge >= 0.3 is 0 Å². The topological polar surface area (TPSA) is 50.5 Å². The molecule has 0 spiro atoms. The third kappa shape index (κ3) is 4.50. The van der Waals surface area contributed by atoms with Crippen LogP contribution in [0.5, 0.6) is 0 Å². The minimum Gasteiger partial charge on any atom is -0.395 e. The Hall–Kier alpha value is -3.04. The van der Waals surface area contributed by atoms with E-state index in [1.165, 1.54) is 11.6 Å². The van der Waals surface area contributed by atoms with Gasteiger partial charge in [-0.15, -0.1) is 0 Å². The highest BCUT2D eigenvalue weighted by Gasteiger charge is 2.49. The standard InChI is InChI=1S/C29H30FN3O/c30-26-9-2-1-7-25(26)18-32-14-3-4-15-33-27(19-32)29(28(33)20-34)23-12-10-22(11-13-23)24-8-5-6-21(16-24)17-31/h1-2,5-13,16,27-29,34H,3-4,14-15,18-20H2/t27-,28+,29-/m0/s1. The zero-order valence-corrected chi connectivity index (χ0v) is 19.3. The Balaban J connectivity index is 1.37. The monoisotopic (exact) mass is 455 g/mol. The number of benzene rings is 3. The Morgan fingerprint density at radius 2 is 1.74 bits per heavy atom. The SMILES string of the molecule is N#Cc1cccc(-c2ccc([C@@H]3[C@@H](CO)N4CCCCN(Cc5ccccc5F)C[C@@H]34)cc2)c1. The Morgan fingerprint density at radius 1 is 0.941 bits per heavy atom. The molecule has 0 radical (unpaired) electrons. The molecule has 0 bridgehead atoms. The molecule has 3 atom stereocenters. The van der Waals surface area contributed by atoms with Crippen molar-refractivity contribution >= 4 is 0 Å². The van der Waals surface area contributed by atoms with Gasteiger partial charge in [0.25, 0.3) is 0 Å². The molecule has 2 fully saturated rings. The molecule has 34 heavy (non-hydrogen) atoms. The molecule has 2 heterocycles. The van der Waals surface area contributed by atoms with Gasteiger partial charge in [-0.3, -0.25) is 9.80 Å². The number of nitriles is 1. The molecular weight excluding hydrogens is 425 g/mol. The van der Waals surface area contributed by atoms with Gasteiger partial charge in [0, 0.05) is 36.7 Å². The van der Waals surface area contributed by atoms with E-state index < -0.39 is 0 Å². The van der Waals surface area contributed by atoms with Crippen LogP contribution in [0.15, 0.2) is 72.8 Å². The normalized spacial score (nSPS) is 23.3. The van der Waals surface area contributed by atoms with Crippen LogP contribution in [-0.4, -0.2) is 53.2 Å². The number of aliphatic hydroxyl groups is 1. The predicted molar refractivity (Wildman–Crippen MR) is 132 cm³/mol. The summed E-state index contributed by atoms with van der Waals surface area (Å²) in [6.07, 6.45) is 2.17. The lowest BCUT2D eigenvalue weighted by molar-refractivity contribution is -0.0656. The van der Waals surface area contributed by atoms with Crippen molar-refractivity contribution in [3.63, 3.8) is 0 Å². The van der Waals surface area contributed by atoms with Crippen molar-refractivity contribution in [2.24, 2.45) is 0 Å². The number of hydrogen-bond acceptors (Lipinski definition) is 4. The van der Waals surface area contributed by atoms with Crippen molar-refractivity contribution in [2.45, 2.75) is 37.4 Å². The number of rotatable bonds is 5. The van der Waals surface area contributed by atoms with Gasteiger partial charge < -0.3 is 5.11 Å². The fraction of sp³-hybridized carbons (Fsp3) is 0.345. The van der Waals surface area contributed by atoms with Gasteiger partial charge in [-0.2, -0.15) is 5.26 Å². The lowest BCUT2D eigenvalue weighted by Gasteiger charge is -2.57. The average molecular weight is 456 g/mol. The summed E-state index contributed by atoms with van der Waals surface area (Å²) >= 11 is 0. The molecule has 5 rings (SSSR count). The van der Waals surface area contributed by atoms with Gasteiger partial charge in [0.2, 0.25) is 0 Å². The second kappa shape index (κ2) is 10.1. The van der Waals surface area contributed by atoms with Crippen molar-refractivity contribution in [3.05, 3.63) is 95.3 Å². The number of halogens is 1. The van der Waals surface area contributed by atoms with E-state index in [0.29, 0.717) is 18.2 Å². The fourth-order valence-corrected chi connectivity index (χ4v) is 5.69. The summed E-state index contributed by atoms with van der Waals surface area (Å²) in [4.78, 5) is 4.82. The lowest BCUT2D eigenvalue weighted by atomic mass is 9.74. The smallest absolute Gasteiger partial charge is 0.127 e. The maximum Gasteiger partial charge on any atom is 0.127 e. The van der Waals surface area contributed by atoms with Crippen LogP contribution in [0.3, 0.4) is 0 Å². The summed E-state index contributed by atoms with van der Waals surface area (Å²) in [6, 6.07) is 25.9. The van der Waals surface area contributed by atoms with Gasteiger partial charge in [-0.25, -0.2) is 4.39 Å². The number of hydrogen-bond donors (Lipinski definition) is 1. The lowest BCUT2D eigenvalue weighted by Crippen LogP contribution is -2.67. The first-order valence-corrected chi connectivity index (χ1v) is 12.1. The zero-order valence-electron chi connectivity index (χ0n) is 19.3. The van der Waals surface area contributed by atoms with Crippen LogP contribution >= 0.6 is 0 Å². The third-order valence-corrected chi connectivity index (χ3v) is 7.43. The summed E-state index contributed by atoms with van der Waals surface area (Å²) in [7, 11) is 0. The van der Waals surface area contributed by atoms with Crippen LogP contribution in [0.2, 0.25) is 0 Å². The molecule has 3 aromatic carbocycles. The van der Waals surface area contributed by atoms with E-state index in [4.69, 9.17) is 0 Å². The van der Waals surface area contributed by atoms with Crippen LogP contribution in [0.25, 0.3) is 11.1 Å². The third-order valence-electron chi connectivity index (χ3n) is 7.43. The molecular formula is C29H30FN3O. The Kier molecular flexibility index (Phi) is 6.73. The summed E-state index contributed by atoms with van der Waals surface area (Å²) in [5.41, 5.74) is 4.74. The van der Waals surface area contributed by atoms with Gasteiger partial charge in [-0.05, 0) is 60.8 Å². The molecule has 2 saturated heterocycles. The first-order chi connectivity index (χ1) is 16.7. The Labute approximate surface area is 200 Å². The van der Waals surface area contributed by atoms with Crippen LogP contribution in [0.1, 0.15) is 35.4 Å². The minimum atomic E-state index is -0.143. The maximum atomic E-state index is 14.3. The largest absolute Gasteiger partial charge is 0.395 e. The van der Waals surface area contributed by atoms with E-state index in [0.717, 1.165) is 49.2 Å². The molecule has 1 N–H and O–H groups in total. The van der Waals surface area contributed by atoms with Crippen molar-refractivity contribution in [1.82, 2.24) is 9.80 Å². The molecule has 2 aliphatic heterocycles. The van der Waals surface area contributed by atoms with Crippen LogP contribution < -0.4 is 0 Å². The molecule has 2 aliphatic rings. The zero-order chi connectivity index (χ0) is 23.5. The summed E-state index contributed by atoms with van der Waals surface area (Å²) in [5, 5.41) is 19.4. The second-order valence-corrected chi connectivity index (χ2v) is 9.43. The molecule has 174 valence electrons. The highest BCUT2D eigenvalue weighted by Crippen LogP contribution is 2.42. The number of fused-ring (bicyclic) bond motifs is 1. The van der Waals surface area contributed by atoms with Crippen LogP contribution in [-0.2, 0) is 6.54 Å². The van der Waals surface area contributed by atoms with Crippen LogP contribution in [0.4, 0.5) is 4.39 Å². The van der Waals surface area contributed by atoms with E-state index in [9.17, 15) is 14.8 Å². The molecule has 0 aliphatic carbocycles. The fourth-order valence-electron chi connectivity index (χ4n) is 5.69. The van der Waals surface area contributed by atoms with Crippen molar-refractivity contribution in [2.75, 3.05) is 26.2 Å². The molecule has 4 nitrogen and oxygen atoms in total. The molecule has 0 aromatic heterocycles. The molecule has 0 amide bonds. The summed E-state index contributed by atoms with van der Waals surface area (Å²) < 4.78 is 14.3. The minimum absolute atomic E-state index is 0.117. The molecule has 0 saturated carbocycles. The Bertz CT molecular complexity index is 1170.